The van der Waals surface area contributed by atoms with E-state index in [-0.39, 0.29) is 0 Å². The van der Waals surface area contributed by atoms with E-state index in [2.05, 4.69) is 87.2 Å². The number of pyridine rings is 1. The van der Waals surface area contributed by atoms with Crippen molar-refractivity contribution in [3.63, 3.8) is 0 Å². The molecule has 5 rings (SSSR count). The molecule has 142 valence electrons. The molecule has 0 atom stereocenters. The number of fused-ring (bicyclic) bond motifs is 2. The van der Waals surface area contributed by atoms with Crippen LogP contribution in [0.25, 0.3) is 33.1 Å². The van der Waals surface area contributed by atoms with E-state index in [9.17, 15) is 0 Å². The first kappa shape index (κ1) is 17.4. The highest BCUT2D eigenvalue weighted by molar-refractivity contribution is 5.97. The van der Waals surface area contributed by atoms with Gasteiger partial charge in [-0.15, -0.1) is 0 Å². The third kappa shape index (κ3) is 3.21. The second-order valence-electron chi connectivity index (χ2n) is 7.33. The Balaban J connectivity index is 1.64. The van der Waals surface area contributed by atoms with Gasteiger partial charge in [-0.1, -0.05) is 18.2 Å². The lowest BCUT2D eigenvalue weighted by Gasteiger charge is -2.21. The minimum Gasteiger partial charge on any atom is -0.370 e. The van der Waals surface area contributed by atoms with Crippen LogP contribution in [0.3, 0.4) is 0 Å². The molecule has 0 N–H and O–H groups in total. The fourth-order valence-corrected chi connectivity index (χ4v) is 3.79. The van der Waals surface area contributed by atoms with Crippen LogP contribution in [0.4, 0.5) is 5.69 Å². The third-order valence-corrected chi connectivity index (χ3v) is 5.34. The zero-order chi connectivity index (χ0) is 19.8. The van der Waals surface area contributed by atoms with E-state index >= 15 is 0 Å². The van der Waals surface area contributed by atoms with Crippen LogP contribution in [-0.4, -0.2) is 26.6 Å². The van der Waals surface area contributed by atoms with Gasteiger partial charge >= 0.3 is 0 Å². The van der Waals surface area contributed by atoms with Crippen LogP contribution < -0.4 is 4.90 Å². The first-order valence-electron chi connectivity index (χ1n) is 9.59. The molecule has 0 spiro atoms. The summed E-state index contributed by atoms with van der Waals surface area (Å²) in [6, 6.07) is 17.1. The molecule has 5 nitrogen and oxygen atoms in total. The second-order valence-corrected chi connectivity index (χ2v) is 7.33. The fourth-order valence-electron chi connectivity index (χ4n) is 3.79. The Morgan fingerprint density at radius 2 is 1.86 bits per heavy atom. The molecule has 2 aromatic carbocycles. The molecule has 0 saturated carbocycles. The van der Waals surface area contributed by atoms with Gasteiger partial charge in [0.1, 0.15) is 0 Å². The molecule has 0 amide bonds. The van der Waals surface area contributed by atoms with Gasteiger partial charge in [-0.25, -0.2) is 0 Å². The van der Waals surface area contributed by atoms with Gasteiger partial charge in [-0.2, -0.15) is 0 Å². The SMILES string of the molecule is CN(Cc1cccnc1)c1cc(-c2ccc3ccn(C)c3c2)c2nccnc2c1. The molecular formula is C24H21N5. The molecule has 3 aromatic heterocycles. The maximum Gasteiger partial charge on any atom is 0.0966 e. The summed E-state index contributed by atoms with van der Waals surface area (Å²) in [6.07, 6.45) is 9.29. The summed E-state index contributed by atoms with van der Waals surface area (Å²) in [5, 5.41) is 1.23. The number of aromatic nitrogens is 4. The van der Waals surface area contributed by atoms with Gasteiger partial charge in [-0.3, -0.25) is 15.0 Å². The second kappa shape index (κ2) is 7.02. The lowest BCUT2D eigenvalue weighted by Crippen LogP contribution is -2.16. The Bertz CT molecular complexity index is 1310. The zero-order valence-corrected chi connectivity index (χ0v) is 16.4. The van der Waals surface area contributed by atoms with Crippen LogP contribution in [0.2, 0.25) is 0 Å². The Hall–Kier alpha value is -3.73. The summed E-state index contributed by atoms with van der Waals surface area (Å²) < 4.78 is 2.14. The largest absolute Gasteiger partial charge is 0.370 e. The average Bonchev–Trinajstić information content (AvgIpc) is 3.14. The Morgan fingerprint density at radius 3 is 2.72 bits per heavy atom. The van der Waals surface area contributed by atoms with Gasteiger partial charge in [0.25, 0.3) is 0 Å². The number of nitrogens with zero attached hydrogens (tertiary/aromatic N) is 5. The van der Waals surface area contributed by atoms with Gasteiger partial charge in [-0.05, 0) is 46.8 Å². The summed E-state index contributed by atoms with van der Waals surface area (Å²) in [7, 11) is 4.16. The van der Waals surface area contributed by atoms with Crippen molar-refractivity contribution in [1.29, 1.82) is 0 Å². The Morgan fingerprint density at radius 1 is 0.966 bits per heavy atom. The zero-order valence-electron chi connectivity index (χ0n) is 16.4. The summed E-state index contributed by atoms with van der Waals surface area (Å²) in [5.41, 5.74) is 7.51. The number of aryl methyl sites for hydroxylation is 1. The van der Waals surface area contributed by atoms with E-state index in [0.717, 1.165) is 34.4 Å². The summed E-state index contributed by atoms with van der Waals surface area (Å²) in [5.74, 6) is 0. The van der Waals surface area contributed by atoms with Crippen molar-refractivity contribution in [3.8, 4) is 11.1 Å². The van der Waals surface area contributed by atoms with Crippen LogP contribution in [-0.2, 0) is 13.6 Å². The molecule has 0 saturated heterocycles. The molecule has 5 heteroatoms. The molecule has 0 fully saturated rings. The van der Waals surface area contributed by atoms with Gasteiger partial charge < -0.3 is 9.47 Å². The fraction of sp³-hybridized carbons (Fsp3) is 0.125. The first-order chi connectivity index (χ1) is 14.2. The van der Waals surface area contributed by atoms with Gasteiger partial charge in [0.2, 0.25) is 0 Å². The van der Waals surface area contributed by atoms with Crippen molar-refractivity contribution in [3.05, 3.63) is 85.1 Å². The van der Waals surface area contributed by atoms with E-state index in [4.69, 9.17) is 0 Å². The third-order valence-electron chi connectivity index (χ3n) is 5.34. The van der Waals surface area contributed by atoms with Crippen molar-refractivity contribution in [2.75, 3.05) is 11.9 Å². The summed E-state index contributed by atoms with van der Waals surface area (Å²) in [4.78, 5) is 15.7. The van der Waals surface area contributed by atoms with Crippen molar-refractivity contribution >= 4 is 27.6 Å². The smallest absolute Gasteiger partial charge is 0.0966 e. The predicted octanol–water partition coefficient (Wildman–Crippen LogP) is 4.82. The molecular weight excluding hydrogens is 358 g/mol. The Labute approximate surface area is 169 Å². The van der Waals surface area contributed by atoms with Crippen LogP contribution in [0.5, 0.6) is 0 Å². The maximum atomic E-state index is 4.63. The van der Waals surface area contributed by atoms with E-state index in [1.165, 1.54) is 16.5 Å². The van der Waals surface area contributed by atoms with E-state index < -0.39 is 0 Å². The maximum absolute atomic E-state index is 4.63. The summed E-state index contributed by atoms with van der Waals surface area (Å²) in [6.45, 7) is 0.774. The lowest BCUT2D eigenvalue weighted by atomic mass is 10.0. The van der Waals surface area contributed by atoms with E-state index in [1.807, 2.05) is 12.3 Å². The van der Waals surface area contributed by atoms with Gasteiger partial charge in [0.15, 0.2) is 0 Å². The highest BCUT2D eigenvalue weighted by Crippen LogP contribution is 2.33. The standard InChI is InChI=1S/C24H21N5/c1-28-11-7-18-5-6-19(12-23(18)28)21-13-20(14-22-24(21)27-10-9-26-22)29(2)16-17-4-3-8-25-15-17/h3-15H,16H2,1-2H3. The van der Waals surface area contributed by atoms with Crippen molar-refractivity contribution < 1.29 is 0 Å². The monoisotopic (exact) mass is 379 g/mol. The molecule has 0 aliphatic rings. The molecule has 0 bridgehead atoms. The Kier molecular flexibility index (Phi) is 4.21. The topological polar surface area (TPSA) is 46.8 Å². The van der Waals surface area contributed by atoms with Crippen LogP contribution in [0.15, 0.2) is 79.5 Å². The highest BCUT2D eigenvalue weighted by atomic mass is 15.1. The molecule has 0 radical (unpaired) electrons. The number of hydrogen-bond donors (Lipinski definition) is 0. The molecule has 5 aromatic rings. The molecule has 0 unspecified atom stereocenters. The van der Waals surface area contributed by atoms with Crippen molar-refractivity contribution in [2.45, 2.75) is 6.54 Å². The van der Waals surface area contributed by atoms with Gasteiger partial charge in [0.05, 0.1) is 11.0 Å². The van der Waals surface area contributed by atoms with E-state index in [0.29, 0.717) is 0 Å². The predicted molar refractivity (Wildman–Crippen MR) is 118 cm³/mol. The molecule has 0 aliphatic heterocycles. The minimum atomic E-state index is 0.774. The highest BCUT2D eigenvalue weighted by Gasteiger charge is 2.12. The molecule has 0 aliphatic carbocycles. The van der Waals surface area contributed by atoms with Crippen LogP contribution in [0, 0.1) is 0 Å². The average molecular weight is 379 g/mol. The van der Waals surface area contributed by atoms with E-state index in [1.54, 1.807) is 18.6 Å². The normalized spacial score (nSPS) is 11.2. The number of anilines is 1. The quantitative estimate of drug-likeness (QED) is 0.449. The number of hydrogen-bond acceptors (Lipinski definition) is 4. The number of rotatable bonds is 4. The first-order valence-corrected chi connectivity index (χ1v) is 9.59. The number of benzene rings is 2. The van der Waals surface area contributed by atoms with Crippen LogP contribution >= 0.6 is 0 Å². The van der Waals surface area contributed by atoms with Crippen LogP contribution in [0.1, 0.15) is 5.56 Å². The minimum absolute atomic E-state index is 0.774. The molecule has 29 heavy (non-hydrogen) atoms. The molecule has 3 heterocycles. The lowest BCUT2D eigenvalue weighted by molar-refractivity contribution is 0.916. The van der Waals surface area contributed by atoms with Gasteiger partial charge in [0, 0.05) is 68.4 Å². The van der Waals surface area contributed by atoms with Crippen molar-refractivity contribution in [1.82, 2.24) is 19.5 Å². The van der Waals surface area contributed by atoms with Crippen molar-refractivity contribution in [2.24, 2.45) is 7.05 Å². The summed E-state index contributed by atoms with van der Waals surface area (Å²) >= 11 is 0.